The normalized spacial score (nSPS) is 11.1. The van der Waals surface area contributed by atoms with Gasteiger partial charge in [-0.2, -0.15) is 5.10 Å². The fourth-order valence-electron chi connectivity index (χ4n) is 1.75. The van der Waals surface area contributed by atoms with Crippen LogP contribution in [-0.4, -0.2) is 16.5 Å². The number of non-ortho nitro benzene ring substituents is 1. The van der Waals surface area contributed by atoms with E-state index in [4.69, 9.17) is 0 Å². The van der Waals surface area contributed by atoms with Crippen LogP contribution in [0.2, 0.25) is 0 Å². The topological polar surface area (TPSA) is 84.6 Å². The highest BCUT2D eigenvalue weighted by Gasteiger charge is 2.10. The Labute approximate surface area is 135 Å². The molecule has 0 bridgehead atoms. The molecule has 0 unspecified atom stereocenters. The number of nitrogens with zero attached hydrogens (tertiary/aromatic N) is 2. The molecule has 0 heterocycles. The first-order chi connectivity index (χ1) is 10.5. The van der Waals surface area contributed by atoms with Gasteiger partial charge in [-0.1, -0.05) is 24.3 Å². The molecular weight excluding hydrogens is 350 g/mol. The molecule has 0 aliphatic heterocycles. The van der Waals surface area contributed by atoms with E-state index in [0.717, 1.165) is 0 Å². The summed E-state index contributed by atoms with van der Waals surface area (Å²) in [6.45, 7) is 1.67. The van der Waals surface area contributed by atoms with Gasteiger partial charge in [0.05, 0.1) is 16.2 Å². The molecule has 0 saturated carbocycles. The van der Waals surface area contributed by atoms with Gasteiger partial charge in [-0.3, -0.25) is 14.9 Å². The van der Waals surface area contributed by atoms with E-state index >= 15 is 0 Å². The van der Waals surface area contributed by atoms with E-state index < -0.39 is 4.92 Å². The van der Waals surface area contributed by atoms with Gasteiger partial charge in [0.2, 0.25) is 0 Å². The van der Waals surface area contributed by atoms with Gasteiger partial charge in [-0.05, 0) is 35.0 Å². The van der Waals surface area contributed by atoms with Gasteiger partial charge < -0.3 is 0 Å². The average molecular weight is 362 g/mol. The summed E-state index contributed by atoms with van der Waals surface area (Å²) in [4.78, 5) is 22.3. The van der Waals surface area contributed by atoms with E-state index in [9.17, 15) is 14.9 Å². The summed E-state index contributed by atoms with van der Waals surface area (Å²) >= 11 is 3.29. The molecule has 0 saturated heterocycles. The van der Waals surface area contributed by atoms with E-state index in [0.29, 0.717) is 21.3 Å². The zero-order valence-corrected chi connectivity index (χ0v) is 13.2. The van der Waals surface area contributed by atoms with Crippen molar-refractivity contribution in [2.24, 2.45) is 5.10 Å². The summed E-state index contributed by atoms with van der Waals surface area (Å²) in [6.07, 6.45) is 0. The highest BCUT2D eigenvalue weighted by molar-refractivity contribution is 9.10. The van der Waals surface area contributed by atoms with E-state index in [-0.39, 0.29) is 11.6 Å². The smallest absolute Gasteiger partial charge is 0.267 e. The van der Waals surface area contributed by atoms with Crippen LogP contribution < -0.4 is 5.43 Å². The summed E-state index contributed by atoms with van der Waals surface area (Å²) in [6, 6.07) is 13.0. The third-order valence-corrected chi connectivity index (χ3v) is 3.61. The third kappa shape index (κ3) is 3.76. The molecule has 0 atom stereocenters. The van der Waals surface area contributed by atoms with Crippen molar-refractivity contribution in [3.8, 4) is 0 Å². The Morgan fingerprint density at radius 1 is 1.23 bits per heavy atom. The first-order valence-corrected chi connectivity index (χ1v) is 7.12. The Morgan fingerprint density at radius 2 is 1.95 bits per heavy atom. The Hall–Kier alpha value is -2.54. The fourth-order valence-corrected chi connectivity index (χ4v) is 2.21. The van der Waals surface area contributed by atoms with Gasteiger partial charge in [0.1, 0.15) is 0 Å². The quantitative estimate of drug-likeness (QED) is 0.513. The van der Waals surface area contributed by atoms with Crippen LogP contribution in [0.25, 0.3) is 0 Å². The number of nitrogens with one attached hydrogen (secondary N) is 1. The predicted molar refractivity (Wildman–Crippen MR) is 86.9 cm³/mol. The highest BCUT2D eigenvalue weighted by atomic mass is 79.9. The minimum atomic E-state index is -0.476. The Morgan fingerprint density at radius 3 is 2.64 bits per heavy atom. The molecule has 1 N–H and O–H groups in total. The van der Waals surface area contributed by atoms with Gasteiger partial charge in [0, 0.05) is 22.2 Å². The molecule has 7 heteroatoms. The highest BCUT2D eigenvalue weighted by Crippen LogP contribution is 2.16. The first kappa shape index (κ1) is 15.8. The van der Waals surface area contributed by atoms with Crippen molar-refractivity contribution in [1.29, 1.82) is 0 Å². The SMILES string of the molecule is C/C(=N/NC(=O)c1ccccc1Br)c1cccc([N+](=O)[O-])c1. The molecule has 0 spiro atoms. The van der Waals surface area contributed by atoms with Crippen molar-refractivity contribution in [1.82, 2.24) is 5.43 Å². The van der Waals surface area contributed by atoms with Gasteiger partial charge >= 0.3 is 0 Å². The average Bonchev–Trinajstić information content (AvgIpc) is 2.52. The zero-order valence-electron chi connectivity index (χ0n) is 11.6. The molecule has 2 aromatic rings. The lowest BCUT2D eigenvalue weighted by Crippen LogP contribution is -2.19. The Kier molecular flexibility index (Phi) is 5.00. The maximum atomic E-state index is 12.0. The zero-order chi connectivity index (χ0) is 16.1. The van der Waals surface area contributed by atoms with Gasteiger partial charge in [-0.15, -0.1) is 0 Å². The molecular formula is C15H12BrN3O3. The van der Waals surface area contributed by atoms with E-state index in [1.165, 1.54) is 12.1 Å². The molecule has 2 aromatic carbocycles. The summed E-state index contributed by atoms with van der Waals surface area (Å²) in [7, 11) is 0. The number of amides is 1. The summed E-state index contributed by atoms with van der Waals surface area (Å²) in [5.74, 6) is -0.364. The van der Waals surface area contributed by atoms with Crippen LogP contribution in [0, 0.1) is 10.1 Å². The largest absolute Gasteiger partial charge is 0.272 e. The van der Waals surface area contributed by atoms with Crippen LogP contribution in [0.15, 0.2) is 58.1 Å². The first-order valence-electron chi connectivity index (χ1n) is 6.33. The van der Waals surface area contributed by atoms with Crippen LogP contribution >= 0.6 is 15.9 Å². The lowest BCUT2D eigenvalue weighted by Gasteiger charge is -2.04. The molecule has 1 amide bonds. The number of halogens is 1. The Balaban J connectivity index is 2.16. The minimum absolute atomic E-state index is 0.0239. The number of carbonyl (C=O) groups is 1. The number of hydrazone groups is 1. The number of benzene rings is 2. The summed E-state index contributed by atoms with van der Waals surface area (Å²) in [5, 5.41) is 14.7. The summed E-state index contributed by atoms with van der Waals surface area (Å²) in [5.41, 5.74) is 3.92. The Bertz CT molecular complexity index is 759. The van der Waals surface area contributed by atoms with Crippen LogP contribution in [0.3, 0.4) is 0 Å². The second-order valence-electron chi connectivity index (χ2n) is 4.43. The lowest BCUT2D eigenvalue weighted by atomic mass is 10.1. The van der Waals surface area contributed by atoms with Crippen molar-refractivity contribution < 1.29 is 9.72 Å². The molecule has 0 aliphatic carbocycles. The predicted octanol–water partition coefficient (Wildman–Crippen LogP) is 3.51. The third-order valence-electron chi connectivity index (χ3n) is 2.92. The van der Waals surface area contributed by atoms with Crippen LogP contribution in [0.5, 0.6) is 0 Å². The van der Waals surface area contributed by atoms with Crippen LogP contribution in [0.4, 0.5) is 5.69 Å². The van der Waals surface area contributed by atoms with Crippen LogP contribution in [-0.2, 0) is 0 Å². The lowest BCUT2D eigenvalue weighted by molar-refractivity contribution is -0.384. The van der Waals surface area contributed by atoms with Crippen molar-refractivity contribution in [2.45, 2.75) is 6.92 Å². The second-order valence-corrected chi connectivity index (χ2v) is 5.28. The number of hydrogen-bond donors (Lipinski definition) is 1. The maximum Gasteiger partial charge on any atom is 0.272 e. The van der Waals surface area contributed by atoms with E-state index in [2.05, 4.69) is 26.5 Å². The maximum absolute atomic E-state index is 12.0. The molecule has 22 heavy (non-hydrogen) atoms. The van der Waals surface area contributed by atoms with Crippen molar-refractivity contribution in [3.05, 3.63) is 74.2 Å². The van der Waals surface area contributed by atoms with Crippen molar-refractivity contribution in [2.75, 3.05) is 0 Å². The molecule has 0 aliphatic rings. The second kappa shape index (κ2) is 6.95. The molecule has 0 aromatic heterocycles. The molecule has 0 radical (unpaired) electrons. The van der Waals surface area contributed by atoms with Crippen LogP contribution in [0.1, 0.15) is 22.8 Å². The molecule has 0 fully saturated rings. The van der Waals surface area contributed by atoms with E-state index in [1.54, 1.807) is 43.3 Å². The standard InChI is InChI=1S/C15H12BrN3O3/c1-10(11-5-4-6-12(9-11)19(21)22)17-18-15(20)13-7-2-3-8-14(13)16/h2-9H,1H3,(H,18,20)/b17-10-. The number of nitro benzene ring substituents is 1. The van der Waals surface area contributed by atoms with Gasteiger partial charge in [-0.25, -0.2) is 5.43 Å². The number of hydrogen-bond acceptors (Lipinski definition) is 4. The minimum Gasteiger partial charge on any atom is -0.267 e. The van der Waals surface area contributed by atoms with Crippen molar-refractivity contribution in [3.63, 3.8) is 0 Å². The number of nitro groups is 1. The monoisotopic (exact) mass is 361 g/mol. The number of rotatable bonds is 4. The van der Waals surface area contributed by atoms with Gasteiger partial charge in [0.15, 0.2) is 0 Å². The number of carbonyl (C=O) groups excluding carboxylic acids is 1. The summed E-state index contributed by atoms with van der Waals surface area (Å²) < 4.78 is 0.663. The molecule has 2 rings (SSSR count). The van der Waals surface area contributed by atoms with Crippen molar-refractivity contribution >= 4 is 33.2 Å². The van der Waals surface area contributed by atoms with E-state index in [1.807, 2.05) is 0 Å². The molecule has 6 nitrogen and oxygen atoms in total. The van der Waals surface area contributed by atoms with Gasteiger partial charge in [0.25, 0.3) is 11.6 Å². The molecule has 112 valence electrons. The fraction of sp³-hybridized carbons (Fsp3) is 0.0667.